The highest BCUT2D eigenvalue weighted by Crippen LogP contribution is 2.32. The first-order valence-corrected chi connectivity index (χ1v) is 6.37. The Morgan fingerprint density at radius 2 is 2.35 bits per heavy atom. The molecule has 0 unspecified atom stereocenters. The van der Waals surface area contributed by atoms with Crippen molar-refractivity contribution in [2.75, 3.05) is 11.9 Å². The normalized spacial score (nSPS) is 19.0. The molecule has 2 heterocycles. The lowest BCUT2D eigenvalue weighted by Crippen LogP contribution is -2.26. The topological polar surface area (TPSA) is 62.1 Å². The van der Waals surface area contributed by atoms with Gasteiger partial charge in [-0.3, -0.25) is 4.79 Å². The van der Waals surface area contributed by atoms with Crippen molar-refractivity contribution in [1.82, 2.24) is 0 Å². The zero-order valence-corrected chi connectivity index (χ0v) is 10.7. The molecular formula is C12H14N2O2S. The molecule has 0 aliphatic carbocycles. The van der Waals surface area contributed by atoms with Crippen LogP contribution in [0.25, 0.3) is 0 Å². The Hall–Kier alpha value is -1.38. The second-order valence-electron chi connectivity index (χ2n) is 4.09. The van der Waals surface area contributed by atoms with E-state index in [9.17, 15) is 4.79 Å². The lowest BCUT2D eigenvalue weighted by atomic mass is 10.2. The smallest absolute Gasteiger partial charge is 0.254 e. The Balaban J connectivity index is 2.16. The van der Waals surface area contributed by atoms with E-state index in [0.29, 0.717) is 17.2 Å². The summed E-state index contributed by atoms with van der Waals surface area (Å²) in [5.74, 6) is -0.139. The quantitative estimate of drug-likeness (QED) is 0.876. The molecule has 5 heteroatoms. The van der Waals surface area contributed by atoms with Crippen LogP contribution in [0.5, 0.6) is 0 Å². The molecule has 1 saturated heterocycles. The highest BCUT2D eigenvalue weighted by molar-refractivity contribution is 7.16. The zero-order valence-electron chi connectivity index (χ0n) is 9.87. The van der Waals surface area contributed by atoms with Gasteiger partial charge in [0.1, 0.15) is 17.2 Å². The lowest BCUT2D eigenvalue weighted by Gasteiger charge is -2.08. The summed E-state index contributed by atoms with van der Waals surface area (Å²) in [5.41, 5.74) is 1.51. The van der Waals surface area contributed by atoms with Crippen molar-refractivity contribution in [3.63, 3.8) is 0 Å². The molecule has 4 nitrogen and oxygen atoms in total. The number of hydrogen-bond donors (Lipinski definition) is 1. The zero-order chi connectivity index (χ0) is 12.4. The van der Waals surface area contributed by atoms with Crippen LogP contribution in [-0.2, 0) is 9.53 Å². The fourth-order valence-corrected chi connectivity index (χ4v) is 2.84. The molecule has 17 heavy (non-hydrogen) atoms. The molecule has 0 aromatic carbocycles. The first-order chi connectivity index (χ1) is 8.13. The van der Waals surface area contributed by atoms with E-state index in [0.717, 1.165) is 23.3 Å². The number of nitriles is 1. The summed E-state index contributed by atoms with van der Waals surface area (Å²) >= 11 is 1.44. The summed E-state index contributed by atoms with van der Waals surface area (Å²) in [6.07, 6.45) is 1.33. The molecule has 1 aliphatic rings. The molecule has 1 N–H and O–H groups in total. The molecule has 1 amide bonds. The molecule has 0 saturated carbocycles. The van der Waals surface area contributed by atoms with Crippen molar-refractivity contribution in [3.05, 3.63) is 16.0 Å². The maximum Gasteiger partial charge on any atom is 0.254 e. The largest absolute Gasteiger partial charge is 0.368 e. The summed E-state index contributed by atoms with van der Waals surface area (Å²) in [6, 6.07) is 2.14. The van der Waals surface area contributed by atoms with Gasteiger partial charge in [0.25, 0.3) is 5.91 Å². The number of carbonyl (C=O) groups excluding carboxylic acids is 1. The number of thiophene rings is 1. The number of aryl methyl sites for hydroxylation is 1. The van der Waals surface area contributed by atoms with E-state index in [-0.39, 0.29) is 12.0 Å². The molecule has 0 bridgehead atoms. The van der Waals surface area contributed by atoms with E-state index >= 15 is 0 Å². The number of hydrogen-bond acceptors (Lipinski definition) is 4. The van der Waals surface area contributed by atoms with Crippen LogP contribution in [0, 0.1) is 25.2 Å². The van der Waals surface area contributed by atoms with Crippen LogP contribution in [0.4, 0.5) is 5.00 Å². The van der Waals surface area contributed by atoms with Crippen molar-refractivity contribution < 1.29 is 9.53 Å². The Morgan fingerprint density at radius 1 is 1.59 bits per heavy atom. The molecule has 1 fully saturated rings. The molecule has 1 aromatic rings. The Kier molecular flexibility index (Phi) is 3.46. The third-order valence-corrected chi connectivity index (χ3v) is 4.08. The number of nitrogens with one attached hydrogen (secondary N) is 1. The third kappa shape index (κ3) is 2.33. The summed E-state index contributed by atoms with van der Waals surface area (Å²) in [5, 5.41) is 12.5. The van der Waals surface area contributed by atoms with E-state index < -0.39 is 0 Å². The van der Waals surface area contributed by atoms with Crippen molar-refractivity contribution in [2.24, 2.45) is 0 Å². The maximum absolute atomic E-state index is 11.9. The summed E-state index contributed by atoms with van der Waals surface area (Å²) in [4.78, 5) is 12.9. The predicted octanol–water partition coefficient (Wildman–Crippen LogP) is 2.35. The van der Waals surface area contributed by atoms with Gasteiger partial charge >= 0.3 is 0 Å². The van der Waals surface area contributed by atoms with Crippen LogP contribution in [0.1, 0.15) is 28.8 Å². The highest BCUT2D eigenvalue weighted by Gasteiger charge is 2.25. The Morgan fingerprint density at radius 3 is 2.94 bits per heavy atom. The van der Waals surface area contributed by atoms with Crippen LogP contribution in [0.15, 0.2) is 0 Å². The van der Waals surface area contributed by atoms with Gasteiger partial charge in [-0.1, -0.05) is 0 Å². The minimum Gasteiger partial charge on any atom is -0.368 e. The van der Waals surface area contributed by atoms with Crippen molar-refractivity contribution in [2.45, 2.75) is 32.8 Å². The number of nitrogens with zero attached hydrogens (tertiary/aromatic N) is 1. The maximum atomic E-state index is 11.9. The van der Waals surface area contributed by atoms with E-state index in [4.69, 9.17) is 10.00 Å². The van der Waals surface area contributed by atoms with Crippen molar-refractivity contribution >= 4 is 22.2 Å². The minimum atomic E-state index is -0.357. The average molecular weight is 250 g/mol. The summed E-state index contributed by atoms with van der Waals surface area (Å²) < 4.78 is 5.31. The SMILES string of the molecule is Cc1sc(NC(=O)[C@@H]2CCCO2)c(C#N)c1C. The number of rotatable bonds is 2. The Bertz CT molecular complexity index is 481. The minimum absolute atomic E-state index is 0.139. The van der Waals surface area contributed by atoms with Crippen LogP contribution in [0.2, 0.25) is 0 Å². The number of anilines is 1. The van der Waals surface area contributed by atoms with Gasteiger partial charge in [-0.15, -0.1) is 11.3 Å². The monoisotopic (exact) mass is 250 g/mol. The van der Waals surface area contributed by atoms with Crippen molar-refractivity contribution in [3.8, 4) is 6.07 Å². The molecule has 90 valence electrons. The summed E-state index contributed by atoms with van der Waals surface area (Å²) in [7, 11) is 0. The predicted molar refractivity (Wildman–Crippen MR) is 66.1 cm³/mol. The van der Waals surface area contributed by atoms with Gasteiger partial charge in [-0.2, -0.15) is 5.26 Å². The van der Waals surface area contributed by atoms with Gasteiger partial charge in [0, 0.05) is 11.5 Å². The van der Waals surface area contributed by atoms with Gasteiger partial charge in [0.05, 0.1) is 5.56 Å². The van der Waals surface area contributed by atoms with Crippen LogP contribution in [0.3, 0.4) is 0 Å². The highest BCUT2D eigenvalue weighted by atomic mass is 32.1. The summed E-state index contributed by atoms with van der Waals surface area (Å²) in [6.45, 7) is 4.49. The van der Waals surface area contributed by atoms with Crippen LogP contribution < -0.4 is 5.32 Å². The average Bonchev–Trinajstić information content (AvgIpc) is 2.89. The standard InChI is InChI=1S/C12H14N2O2S/c1-7-8(2)17-12(9(7)6-13)14-11(15)10-4-3-5-16-10/h10H,3-5H2,1-2H3,(H,14,15)/t10-/m0/s1. The van der Waals surface area contributed by atoms with Crippen LogP contribution >= 0.6 is 11.3 Å². The second kappa shape index (κ2) is 4.86. The van der Waals surface area contributed by atoms with E-state index in [1.165, 1.54) is 11.3 Å². The number of carbonyl (C=O) groups is 1. The third-order valence-electron chi connectivity index (χ3n) is 2.96. The van der Waals surface area contributed by atoms with Gasteiger partial charge in [-0.25, -0.2) is 0 Å². The van der Waals surface area contributed by atoms with Gasteiger partial charge in [0.15, 0.2) is 0 Å². The molecule has 1 aromatic heterocycles. The molecule has 0 radical (unpaired) electrons. The molecule has 0 spiro atoms. The van der Waals surface area contributed by atoms with Gasteiger partial charge in [-0.05, 0) is 32.3 Å². The van der Waals surface area contributed by atoms with Crippen molar-refractivity contribution in [1.29, 1.82) is 5.26 Å². The van der Waals surface area contributed by atoms with E-state index in [2.05, 4.69) is 11.4 Å². The first kappa shape index (κ1) is 12.1. The second-order valence-corrected chi connectivity index (χ2v) is 5.31. The lowest BCUT2D eigenvalue weighted by molar-refractivity contribution is -0.124. The van der Waals surface area contributed by atoms with Gasteiger partial charge in [0.2, 0.25) is 0 Å². The molecule has 2 rings (SSSR count). The first-order valence-electron chi connectivity index (χ1n) is 5.56. The van der Waals surface area contributed by atoms with E-state index in [1.54, 1.807) is 0 Å². The Labute approximate surface area is 104 Å². The fourth-order valence-electron chi connectivity index (χ4n) is 1.83. The molecule has 1 atom stereocenters. The van der Waals surface area contributed by atoms with Crippen LogP contribution in [-0.4, -0.2) is 18.6 Å². The number of ether oxygens (including phenoxy) is 1. The molecular weight excluding hydrogens is 236 g/mol. The fraction of sp³-hybridized carbons (Fsp3) is 0.500. The van der Waals surface area contributed by atoms with Gasteiger partial charge < -0.3 is 10.1 Å². The van der Waals surface area contributed by atoms with E-state index in [1.807, 2.05) is 13.8 Å². The number of amides is 1. The molecule has 1 aliphatic heterocycles.